The van der Waals surface area contributed by atoms with Gasteiger partial charge in [-0.1, -0.05) is 13.8 Å². The van der Waals surface area contributed by atoms with Gasteiger partial charge in [0.15, 0.2) is 0 Å². The summed E-state index contributed by atoms with van der Waals surface area (Å²) in [7, 11) is 0. The van der Waals surface area contributed by atoms with Gasteiger partial charge in [-0.25, -0.2) is 0 Å². The number of piperazine rings is 1. The van der Waals surface area contributed by atoms with Gasteiger partial charge in [0.05, 0.1) is 0 Å². The van der Waals surface area contributed by atoms with Crippen molar-refractivity contribution in [3.63, 3.8) is 0 Å². The first-order valence-electron chi connectivity index (χ1n) is 6.72. The third-order valence-electron chi connectivity index (χ3n) is 3.77. The van der Waals surface area contributed by atoms with Crippen molar-refractivity contribution in [2.45, 2.75) is 46.2 Å². The second-order valence-corrected chi connectivity index (χ2v) is 5.67. The molecule has 1 heterocycles. The third-order valence-corrected chi connectivity index (χ3v) is 3.77. The minimum absolute atomic E-state index is 0.364. The summed E-state index contributed by atoms with van der Waals surface area (Å²) in [6.45, 7) is 15.0. The molecule has 0 aliphatic carbocycles. The van der Waals surface area contributed by atoms with E-state index in [0.717, 1.165) is 6.42 Å². The van der Waals surface area contributed by atoms with Gasteiger partial charge in [-0.15, -0.1) is 0 Å². The van der Waals surface area contributed by atoms with Crippen molar-refractivity contribution in [3.8, 4) is 0 Å². The second kappa shape index (κ2) is 6.58. The molecule has 1 saturated heterocycles. The zero-order chi connectivity index (χ0) is 12.1. The lowest BCUT2D eigenvalue weighted by molar-refractivity contribution is 0.105. The topological polar surface area (TPSA) is 32.5 Å². The van der Waals surface area contributed by atoms with E-state index in [4.69, 9.17) is 5.73 Å². The summed E-state index contributed by atoms with van der Waals surface area (Å²) >= 11 is 0. The van der Waals surface area contributed by atoms with E-state index < -0.39 is 0 Å². The van der Waals surface area contributed by atoms with E-state index in [-0.39, 0.29) is 0 Å². The van der Waals surface area contributed by atoms with Crippen molar-refractivity contribution in [1.29, 1.82) is 0 Å². The first-order valence-corrected chi connectivity index (χ1v) is 6.72. The molecule has 2 N–H and O–H groups in total. The highest BCUT2D eigenvalue weighted by molar-refractivity contribution is 4.76. The second-order valence-electron chi connectivity index (χ2n) is 5.67. The van der Waals surface area contributed by atoms with Gasteiger partial charge in [0.2, 0.25) is 0 Å². The standard InChI is InChI=1S/C13H29N3/c1-11(2)13(14)5-6-15-7-9-16(10-8-15)12(3)4/h11-13H,5-10,14H2,1-4H3. The number of nitrogens with two attached hydrogens (primary N) is 1. The van der Waals surface area contributed by atoms with Gasteiger partial charge in [0.1, 0.15) is 0 Å². The van der Waals surface area contributed by atoms with Crippen molar-refractivity contribution >= 4 is 0 Å². The van der Waals surface area contributed by atoms with Crippen LogP contribution in [0.25, 0.3) is 0 Å². The average Bonchev–Trinajstić information content (AvgIpc) is 2.26. The predicted octanol–water partition coefficient (Wildman–Crippen LogP) is 1.39. The van der Waals surface area contributed by atoms with Crippen LogP contribution >= 0.6 is 0 Å². The van der Waals surface area contributed by atoms with Crippen LogP contribution in [0.1, 0.15) is 34.1 Å². The Kier molecular flexibility index (Phi) is 5.73. The van der Waals surface area contributed by atoms with Crippen LogP contribution in [0.5, 0.6) is 0 Å². The van der Waals surface area contributed by atoms with E-state index in [0.29, 0.717) is 18.0 Å². The lowest BCUT2D eigenvalue weighted by Gasteiger charge is -2.37. The van der Waals surface area contributed by atoms with Crippen LogP contribution in [0.15, 0.2) is 0 Å². The predicted molar refractivity (Wildman–Crippen MR) is 70.6 cm³/mol. The lowest BCUT2D eigenvalue weighted by Crippen LogP contribution is -2.49. The summed E-state index contributed by atoms with van der Waals surface area (Å²) in [4.78, 5) is 5.11. The molecule has 3 nitrogen and oxygen atoms in total. The molecule has 0 bridgehead atoms. The number of nitrogens with zero attached hydrogens (tertiary/aromatic N) is 2. The van der Waals surface area contributed by atoms with E-state index in [1.54, 1.807) is 0 Å². The molecule has 1 fully saturated rings. The molecular formula is C13H29N3. The quantitative estimate of drug-likeness (QED) is 0.770. The lowest BCUT2D eigenvalue weighted by atomic mass is 10.0. The van der Waals surface area contributed by atoms with Crippen LogP contribution in [-0.4, -0.2) is 54.6 Å². The van der Waals surface area contributed by atoms with Gasteiger partial charge >= 0.3 is 0 Å². The molecule has 0 aromatic rings. The number of hydrogen-bond acceptors (Lipinski definition) is 3. The summed E-state index contributed by atoms with van der Waals surface area (Å²) in [5.74, 6) is 0.608. The summed E-state index contributed by atoms with van der Waals surface area (Å²) in [5.41, 5.74) is 6.07. The highest BCUT2D eigenvalue weighted by atomic mass is 15.3. The fraction of sp³-hybridized carbons (Fsp3) is 1.00. The zero-order valence-corrected chi connectivity index (χ0v) is 11.4. The number of rotatable bonds is 5. The van der Waals surface area contributed by atoms with Crippen molar-refractivity contribution < 1.29 is 0 Å². The van der Waals surface area contributed by atoms with Crippen molar-refractivity contribution in [2.24, 2.45) is 11.7 Å². The minimum atomic E-state index is 0.364. The molecule has 1 unspecified atom stereocenters. The fourth-order valence-corrected chi connectivity index (χ4v) is 2.17. The van der Waals surface area contributed by atoms with E-state index >= 15 is 0 Å². The van der Waals surface area contributed by atoms with Gasteiger partial charge in [0, 0.05) is 38.3 Å². The summed E-state index contributed by atoms with van der Waals surface area (Å²) in [6, 6.07) is 1.06. The fourth-order valence-electron chi connectivity index (χ4n) is 2.17. The maximum Gasteiger partial charge on any atom is 0.0113 e. The Labute approximate surface area is 101 Å². The molecule has 0 radical (unpaired) electrons. The van der Waals surface area contributed by atoms with E-state index in [9.17, 15) is 0 Å². The van der Waals surface area contributed by atoms with Crippen LogP contribution in [0.4, 0.5) is 0 Å². The maximum absolute atomic E-state index is 6.07. The molecule has 16 heavy (non-hydrogen) atoms. The SMILES string of the molecule is CC(C)C(N)CCN1CCN(C(C)C)CC1. The molecule has 0 amide bonds. The largest absolute Gasteiger partial charge is 0.327 e. The van der Waals surface area contributed by atoms with Gasteiger partial charge in [-0.3, -0.25) is 4.90 Å². The van der Waals surface area contributed by atoms with Gasteiger partial charge in [-0.05, 0) is 32.7 Å². The Balaban J connectivity index is 2.17. The molecule has 1 rings (SSSR count). The first-order chi connectivity index (χ1) is 7.50. The third kappa shape index (κ3) is 4.40. The summed E-state index contributed by atoms with van der Waals surface area (Å²) in [5, 5.41) is 0. The van der Waals surface area contributed by atoms with Crippen LogP contribution in [0, 0.1) is 5.92 Å². The van der Waals surface area contributed by atoms with E-state index in [1.165, 1.54) is 32.7 Å². The summed E-state index contributed by atoms with van der Waals surface area (Å²) < 4.78 is 0. The minimum Gasteiger partial charge on any atom is -0.327 e. The molecule has 1 aliphatic heterocycles. The van der Waals surface area contributed by atoms with Crippen LogP contribution in [0.3, 0.4) is 0 Å². The molecular weight excluding hydrogens is 198 g/mol. The molecule has 96 valence electrons. The van der Waals surface area contributed by atoms with Crippen molar-refractivity contribution in [2.75, 3.05) is 32.7 Å². The molecule has 0 aromatic heterocycles. The van der Waals surface area contributed by atoms with Crippen molar-refractivity contribution in [3.05, 3.63) is 0 Å². The monoisotopic (exact) mass is 227 g/mol. The Morgan fingerprint density at radius 2 is 1.56 bits per heavy atom. The molecule has 0 spiro atoms. The molecule has 3 heteroatoms. The van der Waals surface area contributed by atoms with Gasteiger partial charge < -0.3 is 10.6 Å². The van der Waals surface area contributed by atoms with Gasteiger partial charge in [-0.2, -0.15) is 0 Å². The maximum atomic E-state index is 6.07. The Morgan fingerprint density at radius 1 is 1.00 bits per heavy atom. The first kappa shape index (κ1) is 13.9. The summed E-state index contributed by atoms with van der Waals surface area (Å²) in [6.07, 6.45) is 1.14. The van der Waals surface area contributed by atoms with Crippen LogP contribution < -0.4 is 5.73 Å². The van der Waals surface area contributed by atoms with E-state index in [1.807, 2.05) is 0 Å². The molecule has 0 aromatic carbocycles. The average molecular weight is 227 g/mol. The number of hydrogen-bond donors (Lipinski definition) is 1. The van der Waals surface area contributed by atoms with Gasteiger partial charge in [0.25, 0.3) is 0 Å². The van der Waals surface area contributed by atoms with Crippen LogP contribution in [-0.2, 0) is 0 Å². The Bertz CT molecular complexity index is 184. The Morgan fingerprint density at radius 3 is 2.00 bits per heavy atom. The highest BCUT2D eigenvalue weighted by Crippen LogP contribution is 2.08. The Hall–Kier alpha value is -0.120. The van der Waals surface area contributed by atoms with Crippen LogP contribution in [0.2, 0.25) is 0 Å². The molecule has 1 atom stereocenters. The molecule has 0 saturated carbocycles. The van der Waals surface area contributed by atoms with Crippen molar-refractivity contribution in [1.82, 2.24) is 9.80 Å². The van der Waals surface area contributed by atoms with E-state index in [2.05, 4.69) is 37.5 Å². The zero-order valence-electron chi connectivity index (χ0n) is 11.4. The smallest absolute Gasteiger partial charge is 0.0113 e. The highest BCUT2D eigenvalue weighted by Gasteiger charge is 2.19. The normalized spacial score (nSPS) is 21.9. The molecule has 1 aliphatic rings.